The van der Waals surface area contributed by atoms with Crippen molar-refractivity contribution in [3.63, 3.8) is 0 Å². The molecule has 0 unspecified atom stereocenters. The molecule has 0 amide bonds. The van der Waals surface area contributed by atoms with Gasteiger partial charge >= 0.3 is 0 Å². The molecule has 0 aliphatic rings. The molecule has 0 saturated heterocycles. The summed E-state index contributed by atoms with van der Waals surface area (Å²) < 4.78 is -21.5. The normalized spacial score (nSPS) is 17.4. The molecule has 0 atom stereocenters. The van der Waals surface area contributed by atoms with E-state index < -0.39 is 57.1 Å². The van der Waals surface area contributed by atoms with Crippen LogP contribution in [0, 0.1) is 3.74 Å². The zero-order valence-corrected chi connectivity index (χ0v) is 86.1. The lowest BCUT2D eigenvalue weighted by atomic mass is 10.0. The minimum atomic E-state index is -1.36. The van der Waals surface area contributed by atoms with Gasteiger partial charge in [0.15, 0.2) is 2.14 Å². The van der Waals surface area contributed by atoms with Crippen molar-refractivity contribution in [3.05, 3.63) is 3.74 Å². The van der Waals surface area contributed by atoms with Crippen molar-refractivity contribution < 1.29 is 0 Å². The van der Waals surface area contributed by atoms with Gasteiger partial charge in [-0.1, -0.05) is 621 Å². The number of alkyl halides is 37. The van der Waals surface area contributed by atoms with E-state index >= 15 is 0 Å². The summed E-state index contributed by atoms with van der Waals surface area (Å²) in [5, 5.41) is 0. The lowest BCUT2D eigenvalue weighted by Crippen LogP contribution is -2.74. The van der Waals surface area contributed by atoms with Gasteiger partial charge in [0.1, 0.15) is 58.7 Å². The van der Waals surface area contributed by atoms with Crippen LogP contribution in [0.3, 0.4) is 0 Å². The molecule has 0 saturated carbocycles. The molecule has 0 nitrogen and oxygen atoms in total. The zero-order valence-electron chi connectivity index (χ0n) is 24.2. The molecule has 0 aromatic heterocycles. The van der Waals surface area contributed by atoms with Crippen molar-refractivity contribution in [3.8, 4) is 0 Å². The Morgan fingerprint density at radius 1 is 0.155 bits per heavy atom. The summed E-state index contributed by atoms with van der Waals surface area (Å²) >= 11 is 153. The molecule has 39 heteroatoms. The van der Waals surface area contributed by atoms with Crippen molar-refractivity contribution in [2.24, 2.45) is 0 Å². The number of hydrogen-bond donors (Lipinski definition) is 0. The van der Waals surface area contributed by atoms with Crippen molar-refractivity contribution >= 4 is 621 Å². The second-order valence-corrected chi connectivity index (χ2v) is 78.5. The summed E-state index contributed by atoms with van der Waals surface area (Å²) in [5.74, 6) is 0. The predicted octanol–water partition coefficient (Wildman–Crippen LogP) is 29.4. The smallest absolute Gasteiger partial charge is 0.0675 e. The standard InChI is InChI=1S/C19Br39/c20-1(21)2(22,23)3(24,25)4(26,27)5(28,29)6(30,31)7(32,33)8(34,35)9(36,37)10(38,39)11(40,41)12(42,43)13(44,45)14(46,47)15(48,49)16(50,51)17(52,53)18(54,55)19(56,57)58. The first-order chi connectivity index (χ1) is 24.2. The highest BCUT2D eigenvalue weighted by Gasteiger charge is 2.84. The Morgan fingerprint density at radius 3 is 0.362 bits per heavy atom. The van der Waals surface area contributed by atoms with E-state index in [1.54, 1.807) is 0 Å². The van der Waals surface area contributed by atoms with Gasteiger partial charge in [-0.2, -0.15) is 0 Å². The lowest BCUT2D eigenvalue weighted by molar-refractivity contribution is 0.520. The average Bonchev–Trinajstić information content (AvgIpc) is 2.98. The highest BCUT2D eigenvalue weighted by atomic mass is 80.0. The Labute approximate surface area is 664 Å². The fourth-order valence-corrected chi connectivity index (χ4v) is 42.2. The molecule has 0 spiro atoms. The van der Waals surface area contributed by atoms with Crippen molar-refractivity contribution in [2.75, 3.05) is 0 Å². The maximum absolute atomic E-state index is 4.05. The summed E-state index contributed by atoms with van der Waals surface area (Å²) in [6.07, 6.45) is 0. The lowest BCUT2D eigenvalue weighted by Gasteiger charge is -2.62. The SMILES string of the molecule is Br[C](Br)C(Br)(Br)C(Br)(Br)C(Br)(Br)C(Br)(Br)C(Br)(Br)C(Br)(Br)C(Br)(Br)C(Br)(Br)C(Br)(Br)C(Br)(Br)C(Br)(Br)C(Br)(Br)C(Br)(Br)C(Br)(Br)C(Br)(Br)C(Br)(Br)C(Br)(Br)C(Br)(Br)Br. The second kappa shape index (κ2) is 25.1. The van der Waals surface area contributed by atoms with E-state index in [0.717, 1.165) is 0 Å². The van der Waals surface area contributed by atoms with E-state index in [1.165, 1.54) is 0 Å². The fourth-order valence-electron chi connectivity index (χ4n) is 3.25. The Morgan fingerprint density at radius 2 is 0.259 bits per heavy atom. The average molecular weight is 3340 g/mol. The molecule has 0 heterocycles. The molecule has 0 bridgehead atoms. The van der Waals surface area contributed by atoms with E-state index in [1.807, 2.05) is 0 Å². The maximum Gasteiger partial charge on any atom is 0.162 e. The summed E-state index contributed by atoms with van der Waals surface area (Å²) in [6, 6.07) is 0. The monoisotopic (exact) mass is 3310 g/mol. The minimum Gasteiger partial charge on any atom is -0.0675 e. The zero-order chi connectivity index (χ0) is 48.6. The van der Waals surface area contributed by atoms with Crippen LogP contribution < -0.4 is 0 Å². The van der Waals surface area contributed by atoms with Crippen LogP contribution in [0.4, 0.5) is 0 Å². The molecule has 0 aliphatic heterocycles. The van der Waals surface area contributed by atoms with E-state index in [4.69, 9.17) is 0 Å². The maximum atomic E-state index is 4.05. The van der Waals surface area contributed by atoms with Gasteiger partial charge in [0.25, 0.3) is 0 Å². The Kier molecular flexibility index (Phi) is 33.2. The first kappa shape index (κ1) is 76.7. The van der Waals surface area contributed by atoms with Crippen LogP contribution in [0.1, 0.15) is 0 Å². The third kappa shape index (κ3) is 12.9. The Bertz CT molecular complexity index is 1480. The molecule has 0 aromatic rings. The molecule has 0 aliphatic carbocycles. The van der Waals surface area contributed by atoms with Gasteiger partial charge in [-0.15, -0.1) is 0 Å². The molecule has 0 rings (SSSR count). The summed E-state index contributed by atoms with van der Waals surface area (Å²) in [5.41, 5.74) is 0. The summed E-state index contributed by atoms with van der Waals surface area (Å²) in [7, 11) is 0. The predicted molar refractivity (Wildman–Crippen MR) is 401 cm³/mol. The molecular weight excluding hydrogens is 3340 g/mol. The van der Waals surface area contributed by atoms with Crippen molar-refractivity contribution in [1.29, 1.82) is 0 Å². The highest BCUT2D eigenvalue weighted by Crippen LogP contribution is 2.84. The quantitative estimate of drug-likeness (QED) is 0.127. The van der Waals surface area contributed by atoms with E-state index in [9.17, 15) is 0 Å². The van der Waals surface area contributed by atoms with Gasteiger partial charge in [0.2, 0.25) is 0 Å². The van der Waals surface area contributed by atoms with E-state index in [-0.39, 0.29) is 0 Å². The van der Waals surface area contributed by atoms with Gasteiger partial charge in [-0.05, 0) is 0 Å². The van der Waals surface area contributed by atoms with Gasteiger partial charge in [0.05, 0.1) is 0 Å². The van der Waals surface area contributed by atoms with E-state index in [0.29, 0.717) is 3.74 Å². The molecule has 349 valence electrons. The molecule has 0 fully saturated rings. The number of hydrogen-bond acceptors (Lipinski definition) is 0. The van der Waals surface area contributed by atoms with Crippen LogP contribution >= 0.6 is 621 Å². The topological polar surface area (TPSA) is 0 Å². The summed E-state index contributed by atoms with van der Waals surface area (Å²) in [4.78, 5) is 0. The van der Waals surface area contributed by atoms with Crippen molar-refractivity contribution in [1.82, 2.24) is 0 Å². The van der Waals surface area contributed by atoms with Gasteiger partial charge in [0, 0.05) is 0 Å². The largest absolute Gasteiger partial charge is 0.162 e. The first-order valence-electron chi connectivity index (χ1n) is 11.9. The van der Waals surface area contributed by atoms with Crippen molar-refractivity contribution in [2.45, 2.75) is 57.1 Å². The molecule has 0 aromatic carbocycles. The van der Waals surface area contributed by atoms with E-state index in [2.05, 4.69) is 621 Å². The molecule has 58 heavy (non-hydrogen) atoms. The molecule has 1 radical (unpaired) electrons. The number of halogens is 39. The van der Waals surface area contributed by atoms with Crippen LogP contribution in [0.15, 0.2) is 0 Å². The van der Waals surface area contributed by atoms with Gasteiger partial charge in [-0.3, -0.25) is 0 Å². The third-order valence-corrected chi connectivity index (χ3v) is 89.3. The molecule has 0 N–H and O–H groups in total. The van der Waals surface area contributed by atoms with Gasteiger partial charge < -0.3 is 0 Å². The third-order valence-electron chi connectivity index (χ3n) is 6.90. The van der Waals surface area contributed by atoms with Gasteiger partial charge in [-0.25, -0.2) is 0 Å². The summed E-state index contributed by atoms with van der Waals surface area (Å²) in [6.45, 7) is 0. The minimum absolute atomic E-state index is 0.620. The van der Waals surface area contributed by atoms with Crippen LogP contribution in [-0.2, 0) is 0 Å². The Balaban J connectivity index is 7.89. The number of rotatable bonds is 17. The molecular formula is C19Br39. The van der Waals surface area contributed by atoms with Crippen LogP contribution in [0.2, 0.25) is 0 Å². The highest BCUT2D eigenvalue weighted by molar-refractivity contribution is 9.43. The van der Waals surface area contributed by atoms with Crippen LogP contribution in [0.25, 0.3) is 0 Å². The first-order valence-corrected chi connectivity index (χ1v) is 42.8. The fraction of sp³-hybridized carbons (Fsp3) is 0.947. The Hall–Kier alpha value is 18.7. The van der Waals surface area contributed by atoms with Crippen LogP contribution in [-0.4, -0.2) is 57.1 Å². The second-order valence-electron chi connectivity index (χ2n) is 10.5. The van der Waals surface area contributed by atoms with Crippen LogP contribution in [0.5, 0.6) is 0 Å².